The lowest BCUT2D eigenvalue weighted by Crippen LogP contribution is -2.75. The number of hydrogen-bond donors (Lipinski definition) is 0. The number of carbonyl (C=O) groups excluding carboxylic acids is 1. The highest BCUT2D eigenvalue weighted by molar-refractivity contribution is 7.20. The molecule has 0 radical (unpaired) electrons. The van der Waals surface area contributed by atoms with E-state index in [9.17, 15) is 110 Å². The van der Waals surface area contributed by atoms with E-state index in [0.29, 0.717) is 11.4 Å². The molecule has 4 nitrogen and oxygen atoms in total. The van der Waals surface area contributed by atoms with E-state index in [4.69, 9.17) is 4.74 Å². The second-order valence-electron chi connectivity index (χ2n) is 19.3. The molecule has 0 aliphatic rings. The molecular formula is C58H31BF24N2O2. The van der Waals surface area contributed by atoms with Gasteiger partial charge in [-0.1, -0.05) is 127 Å². The quantitative estimate of drug-likeness (QED) is 0.0476. The maximum Gasteiger partial charge on any atom is 0.416 e. The fourth-order valence-electron chi connectivity index (χ4n) is 9.75. The van der Waals surface area contributed by atoms with Crippen LogP contribution < -0.4 is 31.2 Å². The Hall–Kier alpha value is -8.79. The summed E-state index contributed by atoms with van der Waals surface area (Å²) in [5.41, 5.74) is -29.5. The molecule has 0 amide bonds. The highest BCUT2D eigenvalue weighted by Gasteiger charge is 2.47. The fraction of sp³-hybridized carbons (Fsp3) is 0.155. The minimum Gasteiger partial charge on any atom is -0.403 e. The molecule has 456 valence electrons. The molecule has 0 fully saturated rings. The van der Waals surface area contributed by atoms with Crippen molar-refractivity contribution in [2.45, 2.75) is 56.0 Å². The summed E-state index contributed by atoms with van der Waals surface area (Å²) in [6.45, 7) is 0.174. The maximum absolute atomic E-state index is 14.2. The van der Waals surface area contributed by atoms with Crippen LogP contribution in [0.3, 0.4) is 0 Å². The summed E-state index contributed by atoms with van der Waals surface area (Å²) in [5.74, 6) is 1.26. The molecule has 0 atom stereocenters. The predicted molar refractivity (Wildman–Crippen MR) is 267 cm³/mol. The van der Waals surface area contributed by atoms with Crippen LogP contribution in [0.2, 0.25) is 0 Å². The van der Waals surface area contributed by atoms with Crippen molar-refractivity contribution in [2.24, 2.45) is 0 Å². The summed E-state index contributed by atoms with van der Waals surface area (Å²) in [6, 6.07) is 18.9. The smallest absolute Gasteiger partial charge is 0.403 e. The van der Waals surface area contributed by atoms with E-state index < -0.39 is 195 Å². The highest BCUT2D eigenvalue weighted by atomic mass is 19.4. The third-order valence-electron chi connectivity index (χ3n) is 13.6. The number of ketones is 1. The molecule has 1 heterocycles. The first-order valence-electron chi connectivity index (χ1n) is 24.4. The van der Waals surface area contributed by atoms with Crippen molar-refractivity contribution in [3.8, 4) is 11.6 Å². The standard InChI is InChI=1S/C32H12BF24.C26H19N2O2/c34-25(35,36)13-1-14(26(37,38)39)6-21(5-13)33(22-7-15(27(40,41)42)2-16(8-22)28(43,44)45,23-9-17(29(46,47)48)3-18(10-23)30(49,50)51)24-11-19(31(52,53)54)4-20(12-24)32(55,56)57;29-24(19-8-2-1-3-9-19)18-28-15-14-27-17-26(28)30-25-16-20-10-4-5-11-21(20)22-12-6-7-13-23(22)25/h1-12H;1-17H,18H2/q-1;+1. The van der Waals surface area contributed by atoms with Gasteiger partial charge in [-0.05, 0) is 46.5 Å². The summed E-state index contributed by atoms with van der Waals surface area (Å²) in [7, 11) is 0. The number of alkyl halides is 24. The number of halogens is 24. The van der Waals surface area contributed by atoms with Crippen LogP contribution in [-0.2, 0) is 56.0 Å². The molecule has 0 saturated carbocycles. The fourth-order valence-corrected chi connectivity index (χ4v) is 9.75. The van der Waals surface area contributed by atoms with Crippen LogP contribution in [0.4, 0.5) is 105 Å². The van der Waals surface area contributed by atoms with Gasteiger partial charge in [0.25, 0.3) is 0 Å². The van der Waals surface area contributed by atoms with Crippen LogP contribution >= 0.6 is 0 Å². The summed E-state index contributed by atoms with van der Waals surface area (Å²) in [6.07, 6.45) is -49.7. The van der Waals surface area contributed by atoms with E-state index in [-0.39, 0.29) is 12.3 Å². The zero-order valence-corrected chi connectivity index (χ0v) is 42.8. The van der Waals surface area contributed by atoms with Crippen molar-refractivity contribution in [1.29, 1.82) is 0 Å². The van der Waals surface area contributed by atoms with Gasteiger partial charge in [0.2, 0.25) is 12.3 Å². The number of hydrogen-bond acceptors (Lipinski definition) is 3. The topological polar surface area (TPSA) is 43.1 Å². The Morgan fingerprint density at radius 1 is 0.379 bits per heavy atom. The molecule has 0 N–H and O–H groups in total. The maximum atomic E-state index is 14.2. The van der Waals surface area contributed by atoms with Gasteiger partial charge in [-0.15, -0.1) is 0 Å². The Morgan fingerprint density at radius 2 is 0.690 bits per heavy atom. The third kappa shape index (κ3) is 14.1. The van der Waals surface area contributed by atoms with Crippen LogP contribution in [0.1, 0.15) is 54.9 Å². The summed E-state index contributed by atoms with van der Waals surface area (Å²) < 4.78 is 349. The molecule has 29 heteroatoms. The van der Waals surface area contributed by atoms with Gasteiger partial charge in [0.15, 0.2) is 6.20 Å². The molecule has 8 aromatic carbocycles. The molecule has 0 bridgehead atoms. The van der Waals surface area contributed by atoms with E-state index in [2.05, 4.69) is 23.2 Å². The van der Waals surface area contributed by atoms with Gasteiger partial charge in [0.05, 0.1) is 50.7 Å². The zero-order valence-electron chi connectivity index (χ0n) is 42.8. The Balaban J connectivity index is 0.000000271. The van der Waals surface area contributed by atoms with Crippen LogP contribution in [0.15, 0.2) is 176 Å². The first kappa shape index (κ1) is 64.2. The van der Waals surface area contributed by atoms with E-state index in [1.54, 1.807) is 23.2 Å². The molecule has 0 unspecified atom stereocenters. The lowest BCUT2D eigenvalue weighted by Gasteiger charge is -2.46. The lowest BCUT2D eigenvalue weighted by atomic mass is 9.12. The number of rotatable bonds is 9. The molecule has 9 aromatic rings. The Bertz CT molecular complexity index is 3590. The molecule has 0 aliphatic carbocycles. The molecule has 0 aliphatic heterocycles. The van der Waals surface area contributed by atoms with Crippen molar-refractivity contribution in [2.75, 3.05) is 0 Å². The predicted octanol–water partition coefficient (Wildman–Crippen LogP) is 16.6. The number of aromatic nitrogens is 2. The van der Waals surface area contributed by atoms with Crippen molar-refractivity contribution in [3.63, 3.8) is 0 Å². The van der Waals surface area contributed by atoms with E-state index >= 15 is 0 Å². The number of ether oxygens (including phenoxy) is 1. The molecule has 9 rings (SSSR count). The SMILES string of the molecule is FC(F)(F)c1cc([B-](c2cc(C(F)(F)F)cc(C(F)(F)F)c2)(c2cc(C(F)(F)F)cc(C(F)(F)F)c2)c2cc(C(F)(F)F)cc(C(F)(F)F)c2)cc(C(F)(F)F)c1.O=C(C[n+]1ccncc1Oc1cc2ccccc2c2ccccc12)c1ccccc1. The van der Waals surface area contributed by atoms with Gasteiger partial charge in [-0.25, -0.2) is 4.98 Å². The van der Waals surface area contributed by atoms with Crippen LogP contribution in [-0.4, -0.2) is 16.9 Å². The average Bonchev–Trinajstić information content (AvgIpc) is 0.715. The number of carbonyl (C=O) groups is 1. The van der Waals surface area contributed by atoms with Gasteiger partial charge in [0.1, 0.15) is 18.1 Å². The van der Waals surface area contributed by atoms with Crippen LogP contribution in [0, 0.1) is 0 Å². The second-order valence-corrected chi connectivity index (χ2v) is 19.3. The molecule has 0 saturated heterocycles. The minimum atomic E-state index is -6.13. The van der Waals surface area contributed by atoms with E-state index in [1.807, 2.05) is 66.7 Å². The lowest BCUT2D eigenvalue weighted by molar-refractivity contribution is -0.687. The second kappa shape index (κ2) is 22.8. The summed E-state index contributed by atoms with van der Waals surface area (Å²) in [4.78, 5) is 16.9. The number of fused-ring (bicyclic) bond motifs is 3. The van der Waals surface area contributed by atoms with Gasteiger partial charge in [-0.3, -0.25) is 4.79 Å². The normalized spacial score (nSPS) is 13.1. The summed E-state index contributed by atoms with van der Waals surface area (Å²) >= 11 is 0. The van der Waals surface area contributed by atoms with Crippen molar-refractivity contribution < 1.29 is 119 Å². The van der Waals surface area contributed by atoms with Crippen molar-refractivity contribution in [1.82, 2.24) is 4.98 Å². The van der Waals surface area contributed by atoms with Gasteiger partial charge in [0, 0.05) is 10.9 Å². The molecule has 87 heavy (non-hydrogen) atoms. The van der Waals surface area contributed by atoms with Gasteiger partial charge >= 0.3 is 55.3 Å². The Kier molecular flexibility index (Phi) is 16.8. The Labute approximate surface area is 472 Å². The molecular weight excluding hydrogens is 1220 g/mol. The summed E-state index contributed by atoms with van der Waals surface area (Å²) in [5, 5.41) is 4.42. The molecule has 0 spiro atoms. The van der Waals surface area contributed by atoms with Crippen molar-refractivity contribution >= 4 is 55.3 Å². The van der Waals surface area contributed by atoms with E-state index in [1.165, 1.54) is 5.39 Å². The average molecular weight is 1250 g/mol. The van der Waals surface area contributed by atoms with Crippen molar-refractivity contribution in [3.05, 3.63) is 226 Å². The third-order valence-corrected chi connectivity index (χ3v) is 13.6. The first-order chi connectivity index (χ1) is 40.1. The van der Waals surface area contributed by atoms with Crippen LogP contribution in [0.5, 0.6) is 11.6 Å². The Morgan fingerprint density at radius 3 is 1.03 bits per heavy atom. The number of nitrogens with zero attached hydrogens (tertiary/aromatic N) is 2. The first-order valence-corrected chi connectivity index (χ1v) is 24.4. The van der Waals surface area contributed by atoms with Crippen LogP contribution in [0.25, 0.3) is 21.5 Å². The van der Waals surface area contributed by atoms with Gasteiger partial charge in [-0.2, -0.15) is 132 Å². The highest BCUT2D eigenvalue weighted by Crippen LogP contribution is 2.42. The number of Topliss-reactive ketones (excluding diaryl/α,β-unsaturated/α-hetero) is 1. The number of benzene rings is 8. The van der Waals surface area contributed by atoms with Gasteiger partial charge < -0.3 is 4.74 Å². The largest absolute Gasteiger partial charge is 0.416 e. The minimum absolute atomic E-state index is 0.0139. The zero-order chi connectivity index (χ0) is 64.3. The molecule has 1 aromatic heterocycles. The monoisotopic (exact) mass is 1250 g/mol. The van der Waals surface area contributed by atoms with E-state index in [0.717, 1.165) is 21.9 Å².